The van der Waals surface area contributed by atoms with Gasteiger partial charge in [0.1, 0.15) is 11.5 Å². The van der Waals surface area contributed by atoms with E-state index in [1.54, 1.807) is 0 Å². The van der Waals surface area contributed by atoms with Gasteiger partial charge in [0.15, 0.2) is 0 Å². The number of rotatable bonds is 4. The average molecular weight is 589 g/mol. The summed E-state index contributed by atoms with van der Waals surface area (Å²) >= 11 is 0. The number of ether oxygens (including phenoxy) is 1. The predicted octanol–water partition coefficient (Wildman–Crippen LogP) is 11.2. The number of fused-ring (bicyclic) bond motifs is 5. The highest BCUT2D eigenvalue weighted by molar-refractivity contribution is 5.92. The topological polar surface area (TPSA) is 9.23 Å². The van der Waals surface area contributed by atoms with Gasteiger partial charge in [-0.1, -0.05) is 158 Å². The summed E-state index contributed by atoms with van der Waals surface area (Å²) in [6, 6.07) is 64.0. The van der Waals surface area contributed by atoms with E-state index in [0.29, 0.717) is 0 Å². The van der Waals surface area contributed by atoms with Crippen molar-refractivity contribution in [3.8, 4) is 33.8 Å². The maximum absolute atomic E-state index is 6.61. The summed E-state index contributed by atoms with van der Waals surface area (Å²) in [5.41, 5.74) is 12.9. The molecular weight excluding hydrogens is 556 g/mol. The molecule has 218 valence electrons. The summed E-state index contributed by atoms with van der Waals surface area (Å²) in [4.78, 5) is 0. The van der Waals surface area contributed by atoms with Crippen LogP contribution in [0.5, 0.6) is 11.5 Å². The third kappa shape index (κ3) is 3.63. The first-order valence-electron chi connectivity index (χ1n) is 16.0. The fourth-order valence-corrected chi connectivity index (χ4v) is 8.24. The molecule has 46 heavy (non-hydrogen) atoms. The third-order valence-electron chi connectivity index (χ3n) is 10.3. The molecule has 0 spiro atoms. The van der Waals surface area contributed by atoms with Gasteiger partial charge in [0.25, 0.3) is 0 Å². The summed E-state index contributed by atoms with van der Waals surface area (Å²) in [5, 5.41) is 0. The fourth-order valence-electron chi connectivity index (χ4n) is 8.24. The summed E-state index contributed by atoms with van der Waals surface area (Å²) in [5.74, 6) is 1.82. The van der Waals surface area contributed by atoms with Gasteiger partial charge < -0.3 is 4.74 Å². The zero-order valence-corrected chi connectivity index (χ0v) is 25.7. The Morgan fingerprint density at radius 3 is 1.61 bits per heavy atom. The summed E-state index contributed by atoms with van der Waals surface area (Å²) in [7, 11) is 0. The van der Waals surface area contributed by atoms with Crippen LogP contribution >= 0.6 is 0 Å². The van der Waals surface area contributed by atoms with Crippen molar-refractivity contribution < 1.29 is 4.74 Å². The molecule has 1 unspecified atom stereocenters. The Labute approximate surface area is 270 Å². The largest absolute Gasteiger partial charge is 0.457 e. The van der Waals surface area contributed by atoms with Crippen molar-refractivity contribution in [2.24, 2.45) is 0 Å². The molecule has 9 rings (SSSR count). The van der Waals surface area contributed by atoms with Gasteiger partial charge in [0, 0.05) is 16.5 Å². The first-order chi connectivity index (χ1) is 22.7. The molecule has 0 saturated carbocycles. The van der Waals surface area contributed by atoms with Crippen LogP contribution in [0, 0.1) is 0 Å². The monoisotopic (exact) mass is 588 g/mol. The Hall–Kier alpha value is -5.66. The first-order valence-corrected chi connectivity index (χ1v) is 16.0. The van der Waals surface area contributed by atoms with Gasteiger partial charge in [0.2, 0.25) is 0 Å². The van der Waals surface area contributed by atoms with E-state index in [4.69, 9.17) is 4.74 Å². The van der Waals surface area contributed by atoms with Crippen LogP contribution in [-0.2, 0) is 10.8 Å². The van der Waals surface area contributed by atoms with Crippen LogP contribution in [0.1, 0.15) is 45.9 Å². The van der Waals surface area contributed by atoms with Crippen molar-refractivity contribution in [2.75, 3.05) is 0 Å². The van der Waals surface area contributed by atoms with Crippen LogP contribution in [0.3, 0.4) is 0 Å². The molecular formula is C45H32O. The molecule has 0 fully saturated rings. The molecule has 0 saturated heterocycles. The lowest BCUT2D eigenvalue weighted by Crippen LogP contribution is -2.30. The molecule has 1 aliphatic carbocycles. The van der Waals surface area contributed by atoms with Crippen LogP contribution in [0.4, 0.5) is 0 Å². The molecule has 1 nitrogen and oxygen atoms in total. The van der Waals surface area contributed by atoms with Gasteiger partial charge in [-0.2, -0.15) is 0 Å². The second-order valence-electron chi connectivity index (χ2n) is 12.6. The molecule has 1 heteroatoms. The minimum absolute atomic E-state index is 0.391. The zero-order chi connectivity index (χ0) is 30.7. The maximum Gasteiger partial charge on any atom is 0.131 e. The van der Waals surface area contributed by atoms with Gasteiger partial charge >= 0.3 is 0 Å². The lowest BCUT2D eigenvalue weighted by atomic mass is 9.65. The average Bonchev–Trinajstić information content (AvgIpc) is 3.44. The second-order valence-corrected chi connectivity index (χ2v) is 12.6. The molecule has 0 bridgehead atoms. The van der Waals surface area contributed by atoms with E-state index >= 15 is 0 Å². The molecule has 1 aliphatic heterocycles. The van der Waals surface area contributed by atoms with E-state index < -0.39 is 10.8 Å². The van der Waals surface area contributed by atoms with Crippen molar-refractivity contribution in [3.05, 3.63) is 215 Å². The molecule has 7 aromatic carbocycles. The molecule has 0 radical (unpaired) electrons. The highest BCUT2D eigenvalue weighted by Crippen LogP contribution is 2.59. The molecule has 1 heterocycles. The molecule has 1 atom stereocenters. The summed E-state index contributed by atoms with van der Waals surface area (Å²) in [6.07, 6.45) is 0. The Kier molecular flexibility index (Phi) is 5.92. The predicted molar refractivity (Wildman–Crippen MR) is 188 cm³/mol. The highest BCUT2D eigenvalue weighted by atomic mass is 16.5. The molecule has 2 aliphatic rings. The summed E-state index contributed by atoms with van der Waals surface area (Å²) in [6.45, 7) is 2.34. The van der Waals surface area contributed by atoms with Crippen molar-refractivity contribution in [3.63, 3.8) is 0 Å². The van der Waals surface area contributed by atoms with Gasteiger partial charge in [-0.05, 0) is 75.2 Å². The normalized spacial score (nSPS) is 16.8. The lowest BCUT2D eigenvalue weighted by molar-refractivity contribution is 0.427. The smallest absolute Gasteiger partial charge is 0.131 e. The quantitative estimate of drug-likeness (QED) is 0.199. The van der Waals surface area contributed by atoms with E-state index in [9.17, 15) is 0 Å². The second kappa shape index (κ2) is 10.2. The van der Waals surface area contributed by atoms with Crippen molar-refractivity contribution in [1.29, 1.82) is 0 Å². The third-order valence-corrected chi connectivity index (χ3v) is 10.3. The molecule has 7 aromatic rings. The van der Waals surface area contributed by atoms with Crippen molar-refractivity contribution in [1.82, 2.24) is 0 Å². The minimum Gasteiger partial charge on any atom is -0.457 e. The first kappa shape index (κ1) is 26.7. The van der Waals surface area contributed by atoms with E-state index in [2.05, 4.69) is 183 Å². The Bertz CT molecular complexity index is 2190. The Balaban J connectivity index is 1.35. The van der Waals surface area contributed by atoms with E-state index in [1.165, 1.54) is 61.2 Å². The van der Waals surface area contributed by atoms with Gasteiger partial charge in [0.05, 0.1) is 5.41 Å². The molecule has 0 amide bonds. The van der Waals surface area contributed by atoms with Crippen molar-refractivity contribution in [2.45, 2.75) is 17.8 Å². The SMILES string of the molecule is CC1(c2ccccc2)c2ccccc2Oc2ccc(-c3cccc4c3C(c3ccccc3)(c3ccccc3)c3ccccc3-4)cc21. The van der Waals surface area contributed by atoms with Gasteiger partial charge in [-0.3, -0.25) is 0 Å². The standard InChI is InChI=1S/C45H32O/c1-44(32-16-5-2-6-17-32)39-26-13-14-27-41(39)46-42-29-28-31(30-40(42)44)35-23-15-24-37-36-22-11-12-25-38(36)45(43(35)37,33-18-7-3-8-19-33)34-20-9-4-10-21-34/h2-30H,1H3. The number of benzene rings is 7. The molecule has 0 N–H and O–H groups in total. The Morgan fingerprint density at radius 2 is 0.913 bits per heavy atom. The maximum atomic E-state index is 6.61. The minimum atomic E-state index is -0.479. The van der Waals surface area contributed by atoms with Crippen LogP contribution in [0.15, 0.2) is 176 Å². The highest BCUT2D eigenvalue weighted by Gasteiger charge is 2.48. The molecule has 0 aromatic heterocycles. The van der Waals surface area contributed by atoms with E-state index in [0.717, 1.165) is 11.5 Å². The van der Waals surface area contributed by atoms with Crippen LogP contribution < -0.4 is 4.74 Å². The number of hydrogen-bond acceptors (Lipinski definition) is 1. The lowest BCUT2D eigenvalue weighted by Gasteiger charge is -2.39. The Morgan fingerprint density at radius 1 is 0.391 bits per heavy atom. The summed E-state index contributed by atoms with van der Waals surface area (Å²) < 4.78 is 6.61. The van der Waals surface area contributed by atoms with Crippen LogP contribution in [0.2, 0.25) is 0 Å². The van der Waals surface area contributed by atoms with E-state index in [-0.39, 0.29) is 0 Å². The zero-order valence-electron chi connectivity index (χ0n) is 25.7. The number of para-hydroxylation sites is 1. The van der Waals surface area contributed by atoms with Gasteiger partial charge in [-0.15, -0.1) is 0 Å². The van der Waals surface area contributed by atoms with Crippen molar-refractivity contribution >= 4 is 0 Å². The van der Waals surface area contributed by atoms with E-state index in [1.807, 2.05) is 0 Å². The van der Waals surface area contributed by atoms with Gasteiger partial charge in [-0.25, -0.2) is 0 Å². The van der Waals surface area contributed by atoms with Crippen LogP contribution in [-0.4, -0.2) is 0 Å². The van der Waals surface area contributed by atoms with Crippen LogP contribution in [0.25, 0.3) is 22.3 Å². The fraction of sp³-hybridized carbons (Fsp3) is 0.0667. The number of hydrogen-bond donors (Lipinski definition) is 0.